The Morgan fingerprint density at radius 1 is 0.833 bits per heavy atom. The molecule has 0 saturated heterocycles. The standard InChI is InChI=1S/C10H16O2/c1-7(2)9(11-5)10(12-6)8(3)4/h1,3H2,2,4-6H3/b10-9-. The lowest BCUT2D eigenvalue weighted by Gasteiger charge is -2.12. The Labute approximate surface area is 74.2 Å². The van der Waals surface area contributed by atoms with E-state index in [4.69, 9.17) is 9.47 Å². The number of rotatable bonds is 4. The van der Waals surface area contributed by atoms with E-state index in [0.717, 1.165) is 11.1 Å². The van der Waals surface area contributed by atoms with Crippen LogP contribution < -0.4 is 0 Å². The van der Waals surface area contributed by atoms with Crippen LogP contribution in [0.1, 0.15) is 13.8 Å². The highest BCUT2D eigenvalue weighted by molar-refractivity contribution is 5.33. The molecule has 0 aromatic carbocycles. The van der Waals surface area contributed by atoms with Crippen LogP contribution in [-0.2, 0) is 9.47 Å². The summed E-state index contributed by atoms with van der Waals surface area (Å²) in [4.78, 5) is 0. The highest BCUT2D eigenvalue weighted by Crippen LogP contribution is 2.19. The lowest BCUT2D eigenvalue weighted by molar-refractivity contribution is 0.234. The summed E-state index contributed by atoms with van der Waals surface area (Å²) in [6.45, 7) is 11.3. The molecule has 0 N–H and O–H groups in total. The van der Waals surface area contributed by atoms with Crippen LogP contribution in [0.4, 0.5) is 0 Å². The molecule has 0 atom stereocenters. The zero-order valence-electron chi connectivity index (χ0n) is 8.23. The van der Waals surface area contributed by atoms with Crippen molar-refractivity contribution in [3.8, 4) is 0 Å². The third-order valence-corrected chi connectivity index (χ3v) is 1.39. The van der Waals surface area contributed by atoms with Crippen molar-refractivity contribution in [2.45, 2.75) is 13.8 Å². The molecule has 0 rings (SSSR count). The van der Waals surface area contributed by atoms with Gasteiger partial charge >= 0.3 is 0 Å². The maximum atomic E-state index is 5.12. The first-order valence-corrected chi connectivity index (χ1v) is 3.68. The van der Waals surface area contributed by atoms with Crippen LogP contribution in [0.3, 0.4) is 0 Å². The molecule has 0 unspecified atom stereocenters. The van der Waals surface area contributed by atoms with Gasteiger partial charge in [0, 0.05) is 0 Å². The quantitative estimate of drug-likeness (QED) is 0.474. The van der Waals surface area contributed by atoms with Crippen molar-refractivity contribution in [1.82, 2.24) is 0 Å². The summed E-state index contributed by atoms with van der Waals surface area (Å²) in [5.74, 6) is 1.31. The monoisotopic (exact) mass is 168 g/mol. The number of allylic oxidation sites excluding steroid dienone is 2. The van der Waals surface area contributed by atoms with E-state index in [1.807, 2.05) is 13.8 Å². The molecule has 0 bridgehead atoms. The van der Waals surface area contributed by atoms with E-state index in [1.54, 1.807) is 14.2 Å². The molecule has 0 aliphatic rings. The van der Waals surface area contributed by atoms with E-state index in [-0.39, 0.29) is 0 Å². The minimum absolute atomic E-state index is 0.657. The van der Waals surface area contributed by atoms with Gasteiger partial charge in [-0.1, -0.05) is 13.2 Å². The maximum Gasteiger partial charge on any atom is 0.163 e. The second-order valence-corrected chi connectivity index (χ2v) is 2.63. The highest BCUT2D eigenvalue weighted by Gasteiger charge is 2.08. The number of hydrogen-bond acceptors (Lipinski definition) is 2. The Kier molecular flexibility index (Phi) is 4.19. The van der Waals surface area contributed by atoms with Crippen LogP contribution >= 0.6 is 0 Å². The molecule has 0 fully saturated rings. The fourth-order valence-corrected chi connectivity index (χ4v) is 0.921. The number of hydrogen-bond donors (Lipinski definition) is 0. The minimum atomic E-state index is 0.657. The highest BCUT2D eigenvalue weighted by atomic mass is 16.5. The summed E-state index contributed by atoms with van der Waals surface area (Å²) >= 11 is 0. The van der Waals surface area contributed by atoms with Gasteiger partial charge in [-0.05, 0) is 25.0 Å². The van der Waals surface area contributed by atoms with Crippen molar-refractivity contribution in [1.29, 1.82) is 0 Å². The van der Waals surface area contributed by atoms with E-state index >= 15 is 0 Å². The lowest BCUT2D eigenvalue weighted by Crippen LogP contribution is -1.98. The van der Waals surface area contributed by atoms with E-state index in [9.17, 15) is 0 Å². The van der Waals surface area contributed by atoms with Crippen LogP contribution in [0.25, 0.3) is 0 Å². The molecule has 12 heavy (non-hydrogen) atoms. The summed E-state index contributed by atoms with van der Waals surface area (Å²) < 4.78 is 10.2. The fraction of sp³-hybridized carbons (Fsp3) is 0.400. The fourth-order valence-electron chi connectivity index (χ4n) is 0.921. The molecule has 0 aromatic rings. The molecule has 0 radical (unpaired) electrons. The van der Waals surface area contributed by atoms with E-state index < -0.39 is 0 Å². The average molecular weight is 168 g/mol. The Bertz CT molecular complexity index is 200. The molecule has 0 aliphatic heterocycles. The molecular weight excluding hydrogens is 152 g/mol. The normalized spacial score (nSPS) is 11.7. The summed E-state index contributed by atoms with van der Waals surface area (Å²) in [5.41, 5.74) is 1.66. The number of methoxy groups -OCH3 is 2. The van der Waals surface area contributed by atoms with Gasteiger partial charge in [-0.25, -0.2) is 0 Å². The molecule has 0 saturated carbocycles. The molecule has 2 heteroatoms. The van der Waals surface area contributed by atoms with Gasteiger partial charge in [-0.3, -0.25) is 0 Å². The predicted molar refractivity (Wildman–Crippen MR) is 50.7 cm³/mol. The Balaban J connectivity index is 5.01. The second kappa shape index (κ2) is 4.65. The largest absolute Gasteiger partial charge is 0.493 e. The van der Waals surface area contributed by atoms with Crippen molar-refractivity contribution in [2.75, 3.05) is 14.2 Å². The Morgan fingerprint density at radius 3 is 1.17 bits per heavy atom. The summed E-state index contributed by atoms with van der Waals surface area (Å²) in [5, 5.41) is 0. The SMILES string of the molecule is C=C(C)/C(OC)=C(/OC)C(=C)C. The maximum absolute atomic E-state index is 5.12. The van der Waals surface area contributed by atoms with Gasteiger partial charge in [0.05, 0.1) is 14.2 Å². The molecule has 0 heterocycles. The van der Waals surface area contributed by atoms with Crippen molar-refractivity contribution in [2.24, 2.45) is 0 Å². The van der Waals surface area contributed by atoms with Gasteiger partial charge < -0.3 is 9.47 Å². The van der Waals surface area contributed by atoms with Crippen LogP contribution in [-0.4, -0.2) is 14.2 Å². The molecule has 2 nitrogen and oxygen atoms in total. The zero-order valence-corrected chi connectivity index (χ0v) is 8.23. The molecule has 68 valence electrons. The van der Waals surface area contributed by atoms with Gasteiger partial charge in [-0.15, -0.1) is 0 Å². The van der Waals surface area contributed by atoms with Crippen molar-refractivity contribution in [3.05, 3.63) is 35.8 Å². The lowest BCUT2D eigenvalue weighted by atomic mass is 10.2. The topological polar surface area (TPSA) is 18.5 Å². The molecule has 0 aliphatic carbocycles. The smallest absolute Gasteiger partial charge is 0.163 e. The van der Waals surface area contributed by atoms with Gasteiger partial charge in [0.1, 0.15) is 0 Å². The van der Waals surface area contributed by atoms with Crippen LogP contribution in [0.5, 0.6) is 0 Å². The van der Waals surface area contributed by atoms with Gasteiger partial charge in [0.15, 0.2) is 11.5 Å². The molecule has 0 aromatic heterocycles. The van der Waals surface area contributed by atoms with E-state index in [1.165, 1.54) is 0 Å². The Hall–Kier alpha value is -1.18. The van der Waals surface area contributed by atoms with Gasteiger partial charge in [-0.2, -0.15) is 0 Å². The molecule has 0 amide bonds. The number of ether oxygens (including phenoxy) is 2. The van der Waals surface area contributed by atoms with Crippen LogP contribution in [0.15, 0.2) is 35.8 Å². The Morgan fingerprint density at radius 2 is 1.08 bits per heavy atom. The first-order chi connectivity index (χ1) is 5.54. The third kappa shape index (κ3) is 2.46. The van der Waals surface area contributed by atoms with Crippen molar-refractivity contribution < 1.29 is 9.47 Å². The van der Waals surface area contributed by atoms with Crippen LogP contribution in [0.2, 0.25) is 0 Å². The van der Waals surface area contributed by atoms with Gasteiger partial charge in [0.2, 0.25) is 0 Å². The van der Waals surface area contributed by atoms with Crippen LogP contribution in [0, 0.1) is 0 Å². The summed E-state index contributed by atoms with van der Waals surface area (Å²) in [6.07, 6.45) is 0. The molecule has 0 spiro atoms. The van der Waals surface area contributed by atoms with E-state index in [2.05, 4.69) is 13.2 Å². The summed E-state index contributed by atoms with van der Waals surface area (Å²) in [6, 6.07) is 0. The van der Waals surface area contributed by atoms with Crippen molar-refractivity contribution in [3.63, 3.8) is 0 Å². The predicted octanol–water partition coefficient (Wildman–Crippen LogP) is 2.64. The summed E-state index contributed by atoms with van der Waals surface area (Å²) in [7, 11) is 3.18. The minimum Gasteiger partial charge on any atom is -0.493 e. The third-order valence-electron chi connectivity index (χ3n) is 1.39. The van der Waals surface area contributed by atoms with E-state index in [0.29, 0.717) is 11.5 Å². The van der Waals surface area contributed by atoms with Crippen molar-refractivity contribution >= 4 is 0 Å². The second-order valence-electron chi connectivity index (χ2n) is 2.63. The first-order valence-electron chi connectivity index (χ1n) is 3.68. The van der Waals surface area contributed by atoms with Gasteiger partial charge in [0.25, 0.3) is 0 Å². The average Bonchev–Trinajstić information content (AvgIpc) is 1.98. The first kappa shape index (κ1) is 10.8. The zero-order chi connectivity index (χ0) is 9.72. The molecular formula is C10H16O2.